The van der Waals surface area contributed by atoms with Crippen molar-refractivity contribution in [3.63, 3.8) is 0 Å². The van der Waals surface area contributed by atoms with Crippen LogP contribution in [0.4, 0.5) is 8.78 Å². The Hall–Kier alpha value is -2.90. The summed E-state index contributed by atoms with van der Waals surface area (Å²) >= 11 is 0. The predicted octanol–water partition coefficient (Wildman–Crippen LogP) is 2.80. The lowest BCUT2D eigenvalue weighted by molar-refractivity contribution is -0.125. The molecule has 8 heteroatoms. The molecule has 3 rings (SSSR count). The lowest BCUT2D eigenvalue weighted by Gasteiger charge is -2.23. The van der Waals surface area contributed by atoms with Crippen LogP contribution in [-0.4, -0.2) is 35.9 Å². The van der Waals surface area contributed by atoms with Crippen LogP contribution >= 0.6 is 0 Å². The van der Waals surface area contributed by atoms with Gasteiger partial charge in [-0.2, -0.15) is 8.78 Å². The molecule has 6 nitrogen and oxygen atoms in total. The molecular weight excluding hydrogens is 346 g/mol. The van der Waals surface area contributed by atoms with Crippen LogP contribution in [0.3, 0.4) is 0 Å². The van der Waals surface area contributed by atoms with E-state index in [1.165, 1.54) is 23.3 Å². The Labute approximate surface area is 148 Å². The first-order valence-electron chi connectivity index (χ1n) is 8.20. The number of ether oxygens (including phenoxy) is 1. The highest BCUT2D eigenvalue weighted by atomic mass is 19.3. The van der Waals surface area contributed by atoms with Crippen LogP contribution in [0.15, 0.2) is 47.1 Å². The first-order chi connectivity index (χ1) is 12.5. The van der Waals surface area contributed by atoms with Crippen molar-refractivity contribution in [1.29, 1.82) is 0 Å². The fraction of sp³-hybridized carbons (Fsp3) is 0.333. The van der Waals surface area contributed by atoms with Gasteiger partial charge in [-0.05, 0) is 42.7 Å². The third-order valence-corrected chi connectivity index (χ3v) is 4.16. The van der Waals surface area contributed by atoms with Gasteiger partial charge < -0.3 is 19.4 Å². The van der Waals surface area contributed by atoms with E-state index in [0.717, 1.165) is 12.0 Å². The summed E-state index contributed by atoms with van der Waals surface area (Å²) in [6.07, 6.45) is 2.74. The molecule has 0 spiro atoms. The molecule has 0 aliphatic carbocycles. The zero-order chi connectivity index (χ0) is 18.5. The summed E-state index contributed by atoms with van der Waals surface area (Å²) in [4.78, 5) is 26.4. The van der Waals surface area contributed by atoms with Crippen molar-refractivity contribution in [3.8, 4) is 5.75 Å². The Morgan fingerprint density at radius 3 is 2.69 bits per heavy atom. The van der Waals surface area contributed by atoms with Gasteiger partial charge in [0.25, 0.3) is 5.91 Å². The number of alkyl halides is 2. The second kappa shape index (κ2) is 7.99. The number of halogens is 2. The van der Waals surface area contributed by atoms with Crippen LogP contribution < -0.4 is 10.1 Å². The summed E-state index contributed by atoms with van der Waals surface area (Å²) in [7, 11) is 0. The van der Waals surface area contributed by atoms with Gasteiger partial charge >= 0.3 is 6.61 Å². The normalized spacial score (nSPS) is 16.7. The molecule has 2 aromatic rings. The van der Waals surface area contributed by atoms with Crippen molar-refractivity contribution in [2.75, 3.05) is 6.54 Å². The lowest BCUT2D eigenvalue weighted by Crippen LogP contribution is -2.45. The maximum atomic E-state index is 12.5. The highest BCUT2D eigenvalue weighted by Gasteiger charge is 2.35. The second-order valence-electron chi connectivity index (χ2n) is 5.87. The first kappa shape index (κ1) is 17.9. The van der Waals surface area contributed by atoms with E-state index in [9.17, 15) is 18.4 Å². The molecule has 1 fully saturated rings. The van der Waals surface area contributed by atoms with E-state index in [0.29, 0.717) is 13.0 Å². The van der Waals surface area contributed by atoms with E-state index in [2.05, 4.69) is 10.1 Å². The number of carbonyl (C=O) groups is 2. The molecule has 0 unspecified atom stereocenters. The summed E-state index contributed by atoms with van der Waals surface area (Å²) in [6.45, 7) is -2.15. The van der Waals surface area contributed by atoms with Gasteiger partial charge in [-0.15, -0.1) is 0 Å². The monoisotopic (exact) mass is 364 g/mol. The number of carbonyl (C=O) groups excluding carboxylic acids is 2. The minimum absolute atomic E-state index is 0.0566. The van der Waals surface area contributed by atoms with Gasteiger partial charge in [0.1, 0.15) is 11.8 Å². The van der Waals surface area contributed by atoms with E-state index in [1.807, 2.05) is 0 Å². The molecule has 138 valence electrons. The van der Waals surface area contributed by atoms with Gasteiger partial charge in [-0.25, -0.2) is 0 Å². The minimum atomic E-state index is -2.87. The van der Waals surface area contributed by atoms with Crippen molar-refractivity contribution < 1.29 is 27.5 Å². The van der Waals surface area contributed by atoms with Gasteiger partial charge in [0.2, 0.25) is 5.91 Å². The molecule has 1 saturated heterocycles. The lowest BCUT2D eigenvalue weighted by atomic mass is 10.1. The topological polar surface area (TPSA) is 71.8 Å². The molecule has 1 atom stereocenters. The number of hydrogen-bond donors (Lipinski definition) is 1. The van der Waals surface area contributed by atoms with Crippen molar-refractivity contribution in [2.45, 2.75) is 32.0 Å². The molecule has 0 radical (unpaired) electrons. The molecule has 2 heterocycles. The fourth-order valence-corrected chi connectivity index (χ4v) is 2.92. The van der Waals surface area contributed by atoms with E-state index >= 15 is 0 Å². The summed E-state index contributed by atoms with van der Waals surface area (Å²) in [5.41, 5.74) is 0.738. The summed E-state index contributed by atoms with van der Waals surface area (Å²) in [5, 5.41) is 2.78. The average molecular weight is 364 g/mol. The first-order valence-corrected chi connectivity index (χ1v) is 8.20. The van der Waals surface area contributed by atoms with Gasteiger partial charge in [0.05, 0.1) is 6.26 Å². The third kappa shape index (κ3) is 4.19. The highest BCUT2D eigenvalue weighted by Crippen LogP contribution is 2.21. The summed E-state index contributed by atoms with van der Waals surface area (Å²) in [6, 6.07) is 8.66. The third-order valence-electron chi connectivity index (χ3n) is 4.16. The summed E-state index contributed by atoms with van der Waals surface area (Å²) < 4.78 is 33.7. The van der Waals surface area contributed by atoms with Crippen LogP contribution in [0, 0.1) is 0 Å². The Morgan fingerprint density at radius 2 is 2.04 bits per heavy atom. The largest absolute Gasteiger partial charge is 0.459 e. The fourth-order valence-electron chi connectivity index (χ4n) is 2.92. The van der Waals surface area contributed by atoms with E-state index < -0.39 is 12.7 Å². The molecule has 0 bridgehead atoms. The SMILES string of the molecule is O=C(NCc1ccc(OC(F)F)cc1)[C@@H]1CCCN1C(=O)c1ccco1. The standard InChI is InChI=1S/C18H18F2N2O4/c19-18(20)26-13-7-5-12(6-8-13)11-21-16(23)14-3-1-9-22(14)17(24)15-4-2-10-25-15/h2,4-8,10,14,18H,1,3,9,11H2,(H,21,23)/t14-/m0/s1. The van der Waals surface area contributed by atoms with Crippen molar-refractivity contribution >= 4 is 11.8 Å². The van der Waals surface area contributed by atoms with E-state index in [4.69, 9.17) is 4.42 Å². The Bertz CT molecular complexity index is 747. The molecule has 0 saturated carbocycles. The number of nitrogens with one attached hydrogen (secondary N) is 1. The molecule has 2 amide bonds. The Morgan fingerprint density at radius 1 is 1.27 bits per heavy atom. The number of amides is 2. The van der Waals surface area contributed by atoms with Crippen LogP contribution in [0.5, 0.6) is 5.75 Å². The van der Waals surface area contributed by atoms with Crippen molar-refractivity contribution in [1.82, 2.24) is 10.2 Å². The number of benzene rings is 1. The van der Waals surface area contributed by atoms with E-state index in [-0.39, 0.29) is 29.9 Å². The second-order valence-corrected chi connectivity index (χ2v) is 5.87. The summed E-state index contributed by atoms with van der Waals surface area (Å²) in [5.74, 6) is -0.295. The molecule has 1 aliphatic rings. The van der Waals surface area contributed by atoms with Crippen LogP contribution in [-0.2, 0) is 11.3 Å². The zero-order valence-electron chi connectivity index (χ0n) is 13.9. The molecule has 1 aliphatic heterocycles. The highest BCUT2D eigenvalue weighted by molar-refractivity contribution is 5.95. The molecule has 1 N–H and O–H groups in total. The molecular formula is C18H18F2N2O4. The average Bonchev–Trinajstić information content (AvgIpc) is 3.31. The van der Waals surface area contributed by atoms with E-state index in [1.54, 1.807) is 24.3 Å². The number of furan rings is 1. The van der Waals surface area contributed by atoms with Gasteiger partial charge in [-0.3, -0.25) is 9.59 Å². The number of likely N-dealkylation sites (tertiary alicyclic amines) is 1. The molecule has 1 aromatic heterocycles. The maximum Gasteiger partial charge on any atom is 0.387 e. The minimum Gasteiger partial charge on any atom is -0.459 e. The Balaban J connectivity index is 1.56. The quantitative estimate of drug-likeness (QED) is 0.856. The number of nitrogens with zero attached hydrogens (tertiary/aromatic N) is 1. The van der Waals surface area contributed by atoms with Crippen molar-refractivity contribution in [3.05, 3.63) is 54.0 Å². The number of hydrogen-bond acceptors (Lipinski definition) is 4. The predicted molar refractivity (Wildman–Crippen MR) is 87.7 cm³/mol. The van der Waals surface area contributed by atoms with Gasteiger partial charge in [0.15, 0.2) is 5.76 Å². The van der Waals surface area contributed by atoms with Crippen molar-refractivity contribution in [2.24, 2.45) is 0 Å². The number of rotatable bonds is 6. The van der Waals surface area contributed by atoms with Crippen LogP contribution in [0.25, 0.3) is 0 Å². The molecule has 1 aromatic carbocycles. The molecule has 26 heavy (non-hydrogen) atoms. The van der Waals surface area contributed by atoms with Crippen LogP contribution in [0.2, 0.25) is 0 Å². The smallest absolute Gasteiger partial charge is 0.387 e. The Kier molecular flexibility index (Phi) is 5.50. The van der Waals surface area contributed by atoms with Crippen LogP contribution in [0.1, 0.15) is 29.0 Å². The van der Waals surface area contributed by atoms with Gasteiger partial charge in [0, 0.05) is 13.1 Å². The van der Waals surface area contributed by atoms with Gasteiger partial charge in [-0.1, -0.05) is 12.1 Å². The maximum absolute atomic E-state index is 12.5. The zero-order valence-corrected chi connectivity index (χ0v) is 13.9.